The van der Waals surface area contributed by atoms with E-state index in [1.807, 2.05) is 23.1 Å². The van der Waals surface area contributed by atoms with Crippen molar-refractivity contribution in [2.75, 3.05) is 51.3 Å². The van der Waals surface area contributed by atoms with Gasteiger partial charge < -0.3 is 19.9 Å². The van der Waals surface area contributed by atoms with E-state index < -0.39 is 0 Å². The summed E-state index contributed by atoms with van der Waals surface area (Å²) in [6.07, 6.45) is 3.26. The second-order valence-electron chi connectivity index (χ2n) is 6.59. The smallest absolute Gasteiger partial charge is 0.226 e. The molecule has 7 nitrogen and oxygen atoms in total. The molecule has 3 rings (SSSR count). The van der Waals surface area contributed by atoms with Crippen molar-refractivity contribution in [3.8, 4) is 0 Å². The maximum absolute atomic E-state index is 12.6. The molecular formula is C18H26N4O3. The van der Waals surface area contributed by atoms with Gasteiger partial charge in [-0.2, -0.15) is 0 Å². The lowest BCUT2D eigenvalue weighted by atomic mass is 10.2. The van der Waals surface area contributed by atoms with Gasteiger partial charge in [0.1, 0.15) is 5.82 Å². The van der Waals surface area contributed by atoms with Crippen LogP contribution in [0.1, 0.15) is 12.8 Å². The molecule has 1 saturated heterocycles. The molecule has 2 heterocycles. The normalized spacial score (nSPS) is 22.6. The maximum atomic E-state index is 12.6. The van der Waals surface area contributed by atoms with E-state index in [1.54, 1.807) is 13.3 Å². The van der Waals surface area contributed by atoms with Crippen LogP contribution >= 0.6 is 0 Å². The maximum Gasteiger partial charge on any atom is 0.226 e. The lowest BCUT2D eigenvalue weighted by molar-refractivity contribution is -0.135. The first-order valence-corrected chi connectivity index (χ1v) is 8.92. The Morgan fingerprint density at radius 3 is 2.72 bits per heavy atom. The van der Waals surface area contributed by atoms with Crippen molar-refractivity contribution in [3.63, 3.8) is 0 Å². The standard InChI is InChI=1S/C18H26N4O3/c1-25-12-4-7-20-17(23)14-13-15(14)18(24)22-10-8-21(9-11-22)16-5-2-3-6-19-16/h2-3,5-6,14-15H,4,7-13H2,1H3,(H,20,23). The van der Waals surface area contributed by atoms with E-state index in [2.05, 4.69) is 15.2 Å². The molecule has 2 amide bonds. The van der Waals surface area contributed by atoms with Gasteiger partial charge in [-0.25, -0.2) is 4.98 Å². The Hall–Kier alpha value is -2.15. The number of aromatic nitrogens is 1. The number of rotatable bonds is 7. The molecule has 2 unspecified atom stereocenters. The molecule has 1 aromatic rings. The quantitative estimate of drug-likeness (QED) is 0.729. The van der Waals surface area contributed by atoms with Crippen molar-refractivity contribution >= 4 is 17.6 Å². The van der Waals surface area contributed by atoms with Crippen molar-refractivity contribution in [2.45, 2.75) is 12.8 Å². The molecule has 1 N–H and O–H groups in total. The zero-order chi connectivity index (χ0) is 17.6. The molecule has 0 aromatic carbocycles. The van der Waals surface area contributed by atoms with Gasteiger partial charge >= 0.3 is 0 Å². The third-order valence-electron chi connectivity index (χ3n) is 4.83. The summed E-state index contributed by atoms with van der Waals surface area (Å²) in [6, 6.07) is 5.86. The summed E-state index contributed by atoms with van der Waals surface area (Å²) in [7, 11) is 1.64. The molecule has 2 atom stereocenters. The number of nitrogens with zero attached hydrogens (tertiary/aromatic N) is 3. The number of carbonyl (C=O) groups is 2. The van der Waals surface area contributed by atoms with E-state index in [9.17, 15) is 9.59 Å². The molecule has 7 heteroatoms. The molecule has 1 aliphatic heterocycles. The molecule has 0 bridgehead atoms. The lowest BCUT2D eigenvalue weighted by Crippen LogP contribution is -2.49. The van der Waals surface area contributed by atoms with Crippen LogP contribution in [0, 0.1) is 11.8 Å². The van der Waals surface area contributed by atoms with Crippen LogP contribution in [0.4, 0.5) is 5.82 Å². The number of pyridine rings is 1. The predicted molar refractivity (Wildman–Crippen MR) is 94.1 cm³/mol. The van der Waals surface area contributed by atoms with Crippen LogP contribution in [-0.4, -0.2) is 68.1 Å². The minimum Gasteiger partial charge on any atom is -0.385 e. The summed E-state index contributed by atoms with van der Waals surface area (Å²) >= 11 is 0. The fraction of sp³-hybridized carbons (Fsp3) is 0.611. The van der Waals surface area contributed by atoms with Crippen LogP contribution in [0.2, 0.25) is 0 Å². The summed E-state index contributed by atoms with van der Waals surface area (Å²) < 4.78 is 4.96. The first-order chi connectivity index (χ1) is 12.2. The minimum absolute atomic E-state index is 0.00146. The van der Waals surface area contributed by atoms with Crippen molar-refractivity contribution < 1.29 is 14.3 Å². The summed E-state index contributed by atoms with van der Waals surface area (Å²) in [5, 5.41) is 2.89. The molecule has 0 radical (unpaired) electrons. The molecule has 0 spiro atoms. The molecule has 2 aliphatic rings. The average molecular weight is 346 g/mol. The van der Waals surface area contributed by atoms with E-state index in [0.29, 0.717) is 32.7 Å². The highest BCUT2D eigenvalue weighted by Gasteiger charge is 2.49. The van der Waals surface area contributed by atoms with Gasteiger partial charge in [-0.05, 0) is 25.0 Å². The van der Waals surface area contributed by atoms with Gasteiger partial charge in [-0.1, -0.05) is 6.07 Å². The van der Waals surface area contributed by atoms with Gasteiger partial charge in [0, 0.05) is 52.6 Å². The van der Waals surface area contributed by atoms with Crippen molar-refractivity contribution in [2.24, 2.45) is 11.8 Å². The van der Waals surface area contributed by atoms with Crippen molar-refractivity contribution in [1.29, 1.82) is 0 Å². The Morgan fingerprint density at radius 2 is 2.04 bits per heavy atom. The van der Waals surface area contributed by atoms with Gasteiger partial charge in [0.05, 0.1) is 11.8 Å². The predicted octanol–water partition coefficient (Wildman–Crippen LogP) is 0.519. The lowest BCUT2D eigenvalue weighted by Gasteiger charge is -2.35. The van der Waals surface area contributed by atoms with E-state index in [1.165, 1.54) is 0 Å². The monoisotopic (exact) mass is 346 g/mol. The molecule has 2 fully saturated rings. The second kappa shape index (κ2) is 8.29. The number of ether oxygens (including phenoxy) is 1. The first-order valence-electron chi connectivity index (χ1n) is 8.92. The second-order valence-corrected chi connectivity index (χ2v) is 6.59. The molecule has 136 valence electrons. The Morgan fingerprint density at radius 1 is 1.24 bits per heavy atom. The number of nitrogens with one attached hydrogen (secondary N) is 1. The van der Waals surface area contributed by atoms with Crippen LogP contribution in [0.3, 0.4) is 0 Å². The van der Waals surface area contributed by atoms with E-state index in [-0.39, 0.29) is 23.7 Å². The largest absolute Gasteiger partial charge is 0.385 e. The van der Waals surface area contributed by atoms with E-state index in [4.69, 9.17) is 4.74 Å². The molecular weight excluding hydrogens is 320 g/mol. The topological polar surface area (TPSA) is 74.8 Å². The fourth-order valence-electron chi connectivity index (χ4n) is 3.25. The SMILES string of the molecule is COCCCNC(=O)C1CC1C(=O)N1CCN(c2ccccn2)CC1. The van der Waals surface area contributed by atoms with E-state index >= 15 is 0 Å². The van der Waals surface area contributed by atoms with Gasteiger partial charge in [0.15, 0.2) is 0 Å². The Balaban J connectivity index is 1.41. The Bertz CT molecular complexity index is 587. The zero-order valence-corrected chi connectivity index (χ0v) is 14.7. The molecule has 25 heavy (non-hydrogen) atoms. The van der Waals surface area contributed by atoms with E-state index in [0.717, 1.165) is 25.3 Å². The highest BCUT2D eigenvalue weighted by molar-refractivity contribution is 5.92. The molecule has 1 aromatic heterocycles. The first kappa shape index (κ1) is 17.7. The van der Waals surface area contributed by atoms with Crippen molar-refractivity contribution in [3.05, 3.63) is 24.4 Å². The average Bonchev–Trinajstić information content (AvgIpc) is 3.46. The number of anilines is 1. The van der Waals surface area contributed by atoms with Crippen LogP contribution in [0.15, 0.2) is 24.4 Å². The van der Waals surface area contributed by atoms with Gasteiger partial charge in [-0.15, -0.1) is 0 Å². The summed E-state index contributed by atoms with van der Waals surface area (Å²) in [5.41, 5.74) is 0. The number of hydrogen-bond acceptors (Lipinski definition) is 5. The number of hydrogen-bond donors (Lipinski definition) is 1. The summed E-state index contributed by atoms with van der Waals surface area (Å²) in [5.74, 6) is 0.793. The van der Waals surface area contributed by atoms with Gasteiger partial charge in [-0.3, -0.25) is 9.59 Å². The summed E-state index contributed by atoms with van der Waals surface area (Å²) in [4.78, 5) is 33.1. The summed E-state index contributed by atoms with van der Waals surface area (Å²) in [6.45, 7) is 4.18. The highest BCUT2D eigenvalue weighted by Crippen LogP contribution is 2.40. The number of piperazine rings is 1. The Kier molecular flexibility index (Phi) is 5.86. The number of methoxy groups -OCH3 is 1. The Labute approximate surface area is 148 Å². The third kappa shape index (κ3) is 4.48. The highest BCUT2D eigenvalue weighted by atomic mass is 16.5. The zero-order valence-electron chi connectivity index (χ0n) is 14.7. The number of carbonyl (C=O) groups excluding carboxylic acids is 2. The van der Waals surface area contributed by atoms with Crippen LogP contribution in [0.25, 0.3) is 0 Å². The third-order valence-corrected chi connectivity index (χ3v) is 4.83. The molecule has 1 aliphatic carbocycles. The molecule has 1 saturated carbocycles. The number of amides is 2. The fourth-order valence-corrected chi connectivity index (χ4v) is 3.25. The van der Waals surface area contributed by atoms with Crippen LogP contribution in [-0.2, 0) is 14.3 Å². The van der Waals surface area contributed by atoms with Crippen LogP contribution in [0.5, 0.6) is 0 Å². The van der Waals surface area contributed by atoms with Gasteiger partial charge in [0.25, 0.3) is 0 Å². The van der Waals surface area contributed by atoms with Crippen molar-refractivity contribution in [1.82, 2.24) is 15.2 Å². The van der Waals surface area contributed by atoms with Crippen LogP contribution < -0.4 is 10.2 Å². The van der Waals surface area contributed by atoms with Gasteiger partial charge in [0.2, 0.25) is 11.8 Å². The minimum atomic E-state index is -0.149.